The molecular weight excluding hydrogens is 368 g/mol. The van der Waals surface area contributed by atoms with Crippen molar-refractivity contribution in [2.24, 2.45) is 0 Å². The smallest absolute Gasteiger partial charge is 0.258 e. The minimum absolute atomic E-state index is 0.0555. The monoisotopic (exact) mass is 388 g/mol. The number of amides is 2. The molecule has 2 rings (SSSR count). The van der Waals surface area contributed by atoms with Crippen molar-refractivity contribution >= 4 is 29.2 Å². The molecule has 7 heteroatoms. The molecular formula is C20H21ClN2O4. The van der Waals surface area contributed by atoms with Gasteiger partial charge >= 0.3 is 0 Å². The second-order valence-corrected chi connectivity index (χ2v) is 6.14. The van der Waals surface area contributed by atoms with Crippen LogP contribution in [-0.2, 0) is 4.79 Å². The highest BCUT2D eigenvalue weighted by Gasteiger charge is 2.07. The van der Waals surface area contributed by atoms with Crippen LogP contribution in [0, 0.1) is 0 Å². The molecule has 2 aromatic carbocycles. The molecule has 0 unspecified atom stereocenters. The van der Waals surface area contributed by atoms with Crippen molar-refractivity contribution in [1.82, 2.24) is 10.6 Å². The van der Waals surface area contributed by atoms with E-state index in [1.54, 1.807) is 55.5 Å². The predicted molar refractivity (Wildman–Crippen MR) is 103 cm³/mol. The highest BCUT2D eigenvalue weighted by Crippen LogP contribution is 2.13. The van der Waals surface area contributed by atoms with Crippen molar-refractivity contribution in [2.45, 2.75) is 13.3 Å². The van der Waals surface area contributed by atoms with Crippen LogP contribution in [0.15, 0.2) is 48.5 Å². The van der Waals surface area contributed by atoms with Crippen LogP contribution in [-0.4, -0.2) is 37.3 Å². The van der Waals surface area contributed by atoms with Gasteiger partial charge in [-0.1, -0.05) is 18.5 Å². The van der Waals surface area contributed by atoms with Gasteiger partial charge in [-0.05, 0) is 48.5 Å². The lowest BCUT2D eigenvalue weighted by atomic mass is 10.1. The lowest BCUT2D eigenvalue weighted by Crippen LogP contribution is -2.36. The normalized spacial score (nSPS) is 10.1. The average Bonchev–Trinajstić information content (AvgIpc) is 2.69. The Morgan fingerprint density at radius 3 is 2.11 bits per heavy atom. The maximum Gasteiger partial charge on any atom is 0.258 e. The summed E-state index contributed by atoms with van der Waals surface area (Å²) in [6, 6.07) is 13.2. The summed E-state index contributed by atoms with van der Waals surface area (Å²) < 4.78 is 5.37. The summed E-state index contributed by atoms with van der Waals surface area (Å²) in [6.45, 7) is 2.23. The van der Waals surface area contributed by atoms with Gasteiger partial charge in [0.15, 0.2) is 12.4 Å². The zero-order valence-electron chi connectivity index (χ0n) is 15.0. The first-order valence-corrected chi connectivity index (χ1v) is 8.94. The van der Waals surface area contributed by atoms with Crippen molar-refractivity contribution in [3.63, 3.8) is 0 Å². The van der Waals surface area contributed by atoms with Crippen LogP contribution in [0.25, 0.3) is 0 Å². The maximum atomic E-state index is 11.9. The standard InChI is InChI=1S/C20H21ClN2O4/c1-2-18(24)14-5-9-17(10-6-14)27-13-19(25)22-11-12-23-20(26)15-3-7-16(21)8-4-15/h3-10H,2,11-13H2,1H3,(H,22,25)(H,23,26). The lowest BCUT2D eigenvalue weighted by molar-refractivity contribution is -0.123. The number of halogens is 1. The summed E-state index contributed by atoms with van der Waals surface area (Å²) >= 11 is 5.77. The van der Waals surface area contributed by atoms with Gasteiger partial charge in [-0.25, -0.2) is 0 Å². The third kappa shape index (κ3) is 6.75. The molecule has 2 amide bonds. The summed E-state index contributed by atoms with van der Waals surface area (Å²) in [7, 11) is 0. The van der Waals surface area contributed by atoms with Crippen LogP contribution in [0.1, 0.15) is 34.1 Å². The average molecular weight is 389 g/mol. The molecule has 2 aromatic rings. The summed E-state index contributed by atoms with van der Waals surface area (Å²) in [5.41, 5.74) is 1.12. The minimum atomic E-state index is -0.301. The Morgan fingerprint density at radius 1 is 0.889 bits per heavy atom. The topological polar surface area (TPSA) is 84.5 Å². The largest absolute Gasteiger partial charge is 0.484 e. The van der Waals surface area contributed by atoms with Crippen LogP contribution in [0.4, 0.5) is 0 Å². The molecule has 0 saturated carbocycles. The van der Waals surface area contributed by atoms with Gasteiger partial charge in [0.2, 0.25) is 0 Å². The van der Waals surface area contributed by atoms with Gasteiger partial charge in [0, 0.05) is 35.7 Å². The summed E-state index contributed by atoms with van der Waals surface area (Å²) in [4.78, 5) is 35.2. The Kier molecular flexibility index (Phi) is 7.82. The Bertz CT molecular complexity index is 789. The molecule has 0 spiro atoms. The van der Waals surface area contributed by atoms with E-state index in [0.29, 0.717) is 34.9 Å². The predicted octanol–water partition coefficient (Wildman–Crippen LogP) is 2.86. The van der Waals surface area contributed by atoms with E-state index in [2.05, 4.69) is 10.6 Å². The van der Waals surface area contributed by atoms with Gasteiger partial charge in [-0.2, -0.15) is 0 Å². The van der Waals surface area contributed by atoms with Gasteiger partial charge < -0.3 is 15.4 Å². The number of carbonyl (C=O) groups excluding carboxylic acids is 3. The molecule has 0 aromatic heterocycles. The number of Topliss-reactive ketones (excluding diaryl/α,β-unsaturated/α-hetero) is 1. The van der Waals surface area contributed by atoms with Crippen molar-refractivity contribution in [3.05, 3.63) is 64.7 Å². The third-order valence-electron chi connectivity index (χ3n) is 3.71. The van der Waals surface area contributed by atoms with Crippen LogP contribution in [0.2, 0.25) is 5.02 Å². The van der Waals surface area contributed by atoms with Gasteiger partial charge in [-0.15, -0.1) is 0 Å². The second-order valence-electron chi connectivity index (χ2n) is 5.70. The van der Waals surface area contributed by atoms with E-state index in [1.165, 1.54) is 0 Å². The molecule has 142 valence electrons. The van der Waals surface area contributed by atoms with E-state index in [0.717, 1.165) is 0 Å². The lowest BCUT2D eigenvalue weighted by Gasteiger charge is -2.09. The van der Waals surface area contributed by atoms with E-state index in [1.807, 2.05) is 0 Å². The van der Waals surface area contributed by atoms with Crippen LogP contribution in [0.5, 0.6) is 5.75 Å². The fourth-order valence-corrected chi connectivity index (χ4v) is 2.35. The fourth-order valence-electron chi connectivity index (χ4n) is 2.22. The van der Waals surface area contributed by atoms with E-state index in [9.17, 15) is 14.4 Å². The number of nitrogens with one attached hydrogen (secondary N) is 2. The highest BCUT2D eigenvalue weighted by molar-refractivity contribution is 6.30. The first-order valence-electron chi connectivity index (χ1n) is 8.56. The number of hydrogen-bond donors (Lipinski definition) is 2. The third-order valence-corrected chi connectivity index (χ3v) is 3.96. The van der Waals surface area contributed by atoms with Gasteiger partial charge in [0.05, 0.1) is 0 Å². The van der Waals surface area contributed by atoms with Gasteiger partial charge in [-0.3, -0.25) is 14.4 Å². The van der Waals surface area contributed by atoms with E-state index in [4.69, 9.17) is 16.3 Å². The van der Waals surface area contributed by atoms with E-state index < -0.39 is 0 Å². The zero-order valence-corrected chi connectivity index (χ0v) is 15.7. The van der Waals surface area contributed by atoms with Crippen LogP contribution >= 0.6 is 11.6 Å². The van der Waals surface area contributed by atoms with Gasteiger partial charge in [0.25, 0.3) is 11.8 Å². The number of carbonyl (C=O) groups is 3. The summed E-state index contributed by atoms with van der Waals surface area (Å²) in [6.07, 6.45) is 0.442. The molecule has 0 atom stereocenters. The first-order chi connectivity index (χ1) is 13.0. The maximum absolute atomic E-state index is 11.9. The fraction of sp³-hybridized carbons (Fsp3) is 0.250. The quantitative estimate of drug-likeness (QED) is 0.511. The molecule has 2 N–H and O–H groups in total. The number of rotatable bonds is 9. The van der Waals surface area contributed by atoms with Crippen molar-refractivity contribution in [2.75, 3.05) is 19.7 Å². The van der Waals surface area contributed by atoms with Crippen molar-refractivity contribution in [1.29, 1.82) is 0 Å². The molecule has 0 aliphatic carbocycles. The zero-order chi connectivity index (χ0) is 19.6. The second kappa shape index (κ2) is 10.3. The molecule has 0 bridgehead atoms. The SMILES string of the molecule is CCC(=O)c1ccc(OCC(=O)NCCNC(=O)c2ccc(Cl)cc2)cc1. The Labute approximate surface area is 162 Å². The highest BCUT2D eigenvalue weighted by atomic mass is 35.5. The Hall–Kier alpha value is -2.86. The summed E-state index contributed by atoms with van der Waals surface area (Å²) in [5.74, 6) is 0.0251. The van der Waals surface area contributed by atoms with E-state index >= 15 is 0 Å². The molecule has 0 radical (unpaired) electrons. The Balaban J connectivity index is 1.65. The van der Waals surface area contributed by atoms with Crippen molar-refractivity contribution < 1.29 is 19.1 Å². The molecule has 0 aliphatic heterocycles. The summed E-state index contributed by atoms with van der Waals surface area (Å²) in [5, 5.41) is 5.91. The molecule has 0 saturated heterocycles. The minimum Gasteiger partial charge on any atom is -0.484 e. The molecule has 27 heavy (non-hydrogen) atoms. The van der Waals surface area contributed by atoms with Gasteiger partial charge in [0.1, 0.15) is 5.75 Å². The molecule has 0 heterocycles. The van der Waals surface area contributed by atoms with Crippen molar-refractivity contribution in [3.8, 4) is 5.75 Å². The number of ether oxygens (including phenoxy) is 1. The Morgan fingerprint density at radius 2 is 1.48 bits per heavy atom. The number of hydrogen-bond acceptors (Lipinski definition) is 4. The van der Waals surface area contributed by atoms with Crippen LogP contribution < -0.4 is 15.4 Å². The molecule has 0 fully saturated rings. The number of ketones is 1. The van der Waals surface area contributed by atoms with E-state index in [-0.39, 0.29) is 30.7 Å². The molecule has 6 nitrogen and oxygen atoms in total. The molecule has 0 aliphatic rings. The van der Waals surface area contributed by atoms with Crippen LogP contribution in [0.3, 0.4) is 0 Å². The first kappa shape index (κ1) is 20.5. The number of benzene rings is 2.